The monoisotopic (exact) mass is 213 g/mol. The molecule has 0 radical (unpaired) electrons. The van der Waals surface area contributed by atoms with E-state index in [2.05, 4.69) is 4.90 Å². The van der Waals surface area contributed by atoms with Crippen molar-refractivity contribution in [1.82, 2.24) is 4.90 Å². The summed E-state index contributed by atoms with van der Waals surface area (Å²) in [5.74, 6) is 0.125. The molecule has 1 saturated heterocycles. The number of hydrogen-bond donors (Lipinski definition) is 0. The molecule has 2 rings (SSSR count). The summed E-state index contributed by atoms with van der Waals surface area (Å²) in [5, 5.41) is 11.1. The van der Waals surface area contributed by atoms with Gasteiger partial charge in [-0.3, -0.25) is 4.90 Å². The SMILES string of the molecule is [Na+].[O-]c1cccc(CN2CCCCC2)c1. The van der Waals surface area contributed by atoms with E-state index in [1.54, 1.807) is 12.1 Å². The molecule has 0 aliphatic carbocycles. The average Bonchev–Trinajstić information content (AvgIpc) is 2.19. The van der Waals surface area contributed by atoms with Crippen LogP contribution in [0.15, 0.2) is 24.3 Å². The first-order valence-corrected chi connectivity index (χ1v) is 5.33. The largest absolute Gasteiger partial charge is 1.00 e. The van der Waals surface area contributed by atoms with Gasteiger partial charge in [-0.05, 0) is 31.5 Å². The zero-order chi connectivity index (χ0) is 9.80. The van der Waals surface area contributed by atoms with E-state index in [1.807, 2.05) is 12.1 Å². The first kappa shape index (κ1) is 13.0. The van der Waals surface area contributed by atoms with Gasteiger partial charge in [-0.25, -0.2) is 0 Å². The van der Waals surface area contributed by atoms with Crippen molar-refractivity contribution in [2.24, 2.45) is 0 Å². The topological polar surface area (TPSA) is 26.3 Å². The minimum Gasteiger partial charge on any atom is -0.872 e. The van der Waals surface area contributed by atoms with Gasteiger partial charge in [0.25, 0.3) is 0 Å². The molecular formula is C12H16NNaO. The first-order valence-electron chi connectivity index (χ1n) is 5.33. The summed E-state index contributed by atoms with van der Waals surface area (Å²) in [5.41, 5.74) is 1.15. The fraction of sp³-hybridized carbons (Fsp3) is 0.500. The molecule has 1 fully saturated rings. The molecule has 0 amide bonds. The molecule has 1 aromatic rings. The summed E-state index contributed by atoms with van der Waals surface area (Å²) in [6, 6.07) is 7.24. The van der Waals surface area contributed by atoms with Gasteiger partial charge in [-0.15, -0.1) is 5.75 Å². The van der Waals surface area contributed by atoms with Crippen molar-refractivity contribution in [2.75, 3.05) is 13.1 Å². The quantitative estimate of drug-likeness (QED) is 0.574. The van der Waals surface area contributed by atoms with Crippen LogP contribution in [0.1, 0.15) is 24.8 Å². The van der Waals surface area contributed by atoms with E-state index < -0.39 is 0 Å². The molecule has 1 aliphatic rings. The molecule has 0 spiro atoms. The Hall–Kier alpha value is -0.0200. The molecule has 1 aliphatic heterocycles. The summed E-state index contributed by atoms with van der Waals surface area (Å²) in [6.45, 7) is 3.31. The molecule has 0 N–H and O–H groups in total. The van der Waals surface area contributed by atoms with Crippen LogP contribution in [-0.2, 0) is 6.54 Å². The van der Waals surface area contributed by atoms with Gasteiger partial charge < -0.3 is 5.11 Å². The maximum absolute atomic E-state index is 11.1. The Bertz CT molecular complexity index is 297. The van der Waals surface area contributed by atoms with Gasteiger partial charge >= 0.3 is 29.6 Å². The molecule has 2 nitrogen and oxygen atoms in total. The summed E-state index contributed by atoms with van der Waals surface area (Å²) in [7, 11) is 0. The average molecular weight is 213 g/mol. The van der Waals surface area contributed by atoms with Gasteiger partial charge in [0.2, 0.25) is 0 Å². The molecule has 76 valence electrons. The standard InChI is InChI=1S/C12H17NO.Na/c14-12-6-4-5-11(9-12)10-13-7-2-1-3-8-13;/h4-6,9,14H,1-3,7-8,10H2;/q;+1/p-1. The second-order valence-electron chi connectivity index (χ2n) is 3.98. The normalized spacial score (nSPS) is 17.1. The number of likely N-dealkylation sites (tertiary alicyclic amines) is 1. The minimum atomic E-state index is 0. The van der Waals surface area contributed by atoms with Crippen LogP contribution in [0.25, 0.3) is 0 Å². The van der Waals surface area contributed by atoms with Crippen LogP contribution in [-0.4, -0.2) is 18.0 Å². The summed E-state index contributed by atoms with van der Waals surface area (Å²) in [4.78, 5) is 2.43. The number of nitrogens with zero attached hydrogens (tertiary/aromatic N) is 1. The van der Waals surface area contributed by atoms with Gasteiger partial charge in [-0.1, -0.05) is 30.7 Å². The number of rotatable bonds is 2. The van der Waals surface area contributed by atoms with Crippen molar-refractivity contribution in [1.29, 1.82) is 0 Å². The van der Waals surface area contributed by atoms with Gasteiger partial charge in [0, 0.05) is 6.54 Å². The second-order valence-corrected chi connectivity index (χ2v) is 3.98. The van der Waals surface area contributed by atoms with Crippen LogP contribution in [0.5, 0.6) is 5.75 Å². The predicted molar refractivity (Wildman–Crippen MR) is 55.0 cm³/mol. The zero-order valence-corrected chi connectivity index (χ0v) is 11.4. The fourth-order valence-corrected chi connectivity index (χ4v) is 2.02. The molecule has 1 heterocycles. The Labute approximate surface area is 114 Å². The van der Waals surface area contributed by atoms with E-state index in [1.165, 1.54) is 32.4 Å². The van der Waals surface area contributed by atoms with E-state index in [0.29, 0.717) is 0 Å². The van der Waals surface area contributed by atoms with Crippen molar-refractivity contribution < 1.29 is 34.7 Å². The van der Waals surface area contributed by atoms with Crippen LogP contribution in [0, 0.1) is 0 Å². The molecule has 3 heteroatoms. The molecule has 0 saturated carbocycles. The Morgan fingerprint density at radius 2 is 1.87 bits per heavy atom. The summed E-state index contributed by atoms with van der Waals surface area (Å²) in [6.07, 6.45) is 3.96. The molecule has 0 atom stereocenters. The maximum Gasteiger partial charge on any atom is 1.00 e. The van der Waals surface area contributed by atoms with Crippen molar-refractivity contribution >= 4 is 0 Å². The minimum absolute atomic E-state index is 0. The maximum atomic E-state index is 11.1. The van der Waals surface area contributed by atoms with Crippen molar-refractivity contribution in [3.05, 3.63) is 29.8 Å². The van der Waals surface area contributed by atoms with Crippen LogP contribution in [0.4, 0.5) is 0 Å². The molecule has 1 aromatic carbocycles. The van der Waals surface area contributed by atoms with Crippen LogP contribution in [0.3, 0.4) is 0 Å². The predicted octanol–water partition coefficient (Wildman–Crippen LogP) is -1.25. The van der Waals surface area contributed by atoms with Crippen LogP contribution < -0.4 is 34.7 Å². The van der Waals surface area contributed by atoms with E-state index in [9.17, 15) is 5.11 Å². The van der Waals surface area contributed by atoms with E-state index in [-0.39, 0.29) is 35.3 Å². The molecule has 0 bridgehead atoms. The van der Waals surface area contributed by atoms with E-state index in [0.717, 1.165) is 12.1 Å². The number of hydrogen-bond acceptors (Lipinski definition) is 2. The number of benzene rings is 1. The third-order valence-corrected chi connectivity index (χ3v) is 2.75. The Kier molecular flexibility index (Phi) is 5.69. The van der Waals surface area contributed by atoms with E-state index in [4.69, 9.17) is 0 Å². The van der Waals surface area contributed by atoms with E-state index >= 15 is 0 Å². The number of piperidine rings is 1. The molecule has 15 heavy (non-hydrogen) atoms. The van der Waals surface area contributed by atoms with Gasteiger partial charge in [0.05, 0.1) is 0 Å². The van der Waals surface area contributed by atoms with Crippen molar-refractivity contribution in [2.45, 2.75) is 25.8 Å². The molecule has 0 aromatic heterocycles. The zero-order valence-electron chi connectivity index (χ0n) is 9.41. The Morgan fingerprint density at radius 1 is 1.13 bits per heavy atom. The first-order chi connectivity index (χ1) is 6.84. The summed E-state index contributed by atoms with van der Waals surface area (Å²) >= 11 is 0. The van der Waals surface area contributed by atoms with Crippen LogP contribution >= 0.6 is 0 Å². The smallest absolute Gasteiger partial charge is 0.872 e. The molecular weight excluding hydrogens is 197 g/mol. The third-order valence-electron chi connectivity index (χ3n) is 2.75. The summed E-state index contributed by atoms with van der Waals surface area (Å²) < 4.78 is 0. The van der Waals surface area contributed by atoms with Gasteiger partial charge in [-0.2, -0.15) is 0 Å². The van der Waals surface area contributed by atoms with Gasteiger partial charge in [0.15, 0.2) is 0 Å². The Morgan fingerprint density at radius 3 is 2.53 bits per heavy atom. The van der Waals surface area contributed by atoms with Gasteiger partial charge in [0.1, 0.15) is 0 Å². The third kappa shape index (κ3) is 4.15. The van der Waals surface area contributed by atoms with Crippen molar-refractivity contribution in [3.8, 4) is 5.75 Å². The van der Waals surface area contributed by atoms with Crippen LogP contribution in [0.2, 0.25) is 0 Å². The second kappa shape index (κ2) is 6.54. The van der Waals surface area contributed by atoms with Crippen molar-refractivity contribution in [3.63, 3.8) is 0 Å². The molecule has 0 unspecified atom stereocenters. The Balaban J connectivity index is 0.00000112. The fourth-order valence-electron chi connectivity index (χ4n) is 2.02.